The van der Waals surface area contributed by atoms with Crippen LogP contribution < -0.4 is 14.8 Å². The lowest BCUT2D eigenvalue weighted by Gasteiger charge is -2.11. The third kappa shape index (κ3) is 9.47. The minimum Gasteiger partial charge on any atom is -0.452 e. The molecule has 0 saturated heterocycles. The summed E-state index contributed by atoms with van der Waals surface area (Å²) in [4.78, 5) is 23.0. The van der Waals surface area contributed by atoms with E-state index in [0.717, 1.165) is 30.4 Å². The van der Waals surface area contributed by atoms with Gasteiger partial charge in [0.1, 0.15) is 11.5 Å². The highest BCUT2D eigenvalue weighted by Gasteiger charge is 2.13. The molecule has 1 N–H and O–H groups in total. The molecule has 150 valence electrons. The summed E-state index contributed by atoms with van der Waals surface area (Å²) < 4.78 is 62.4. The molecule has 10 heteroatoms. The largest absolute Gasteiger partial charge is 0.452 e. The lowest BCUT2D eigenvalue weighted by Crippen LogP contribution is -2.31. The summed E-state index contributed by atoms with van der Waals surface area (Å²) in [5, 5.41) is 2.54. The van der Waals surface area contributed by atoms with Gasteiger partial charge in [-0.15, -0.1) is 0 Å². The Bertz CT molecular complexity index is 665. The van der Waals surface area contributed by atoms with Crippen LogP contribution in [-0.4, -0.2) is 38.3 Å². The Kier molecular flexibility index (Phi) is 9.11. The first kappa shape index (κ1) is 22.3. The van der Waals surface area contributed by atoms with Crippen LogP contribution in [0.4, 0.5) is 17.6 Å². The van der Waals surface area contributed by atoms with Crippen LogP contribution in [0.1, 0.15) is 19.4 Å². The van der Waals surface area contributed by atoms with Crippen molar-refractivity contribution in [3.63, 3.8) is 0 Å². The quantitative estimate of drug-likeness (QED) is 0.375. The van der Waals surface area contributed by atoms with Gasteiger partial charge in [0.15, 0.2) is 6.61 Å². The van der Waals surface area contributed by atoms with Crippen molar-refractivity contribution in [3.05, 3.63) is 29.8 Å². The summed E-state index contributed by atoms with van der Waals surface area (Å²) >= 11 is 0. The van der Waals surface area contributed by atoms with Crippen molar-refractivity contribution in [2.24, 2.45) is 5.92 Å². The average molecular weight is 393 g/mol. The molecule has 6 nitrogen and oxygen atoms in total. The minimum absolute atomic E-state index is 0.00174. The van der Waals surface area contributed by atoms with E-state index in [0.29, 0.717) is 6.54 Å². The molecule has 1 amide bonds. The molecule has 0 unspecified atom stereocenters. The first-order valence-corrected chi connectivity index (χ1v) is 7.82. The molecule has 0 saturated carbocycles. The van der Waals surface area contributed by atoms with E-state index >= 15 is 0 Å². The number of rotatable bonds is 10. The Hall–Kier alpha value is -2.78. The predicted molar refractivity (Wildman–Crippen MR) is 87.5 cm³/mol. The fraction of sp³-hybridized carbons (Fsp3) is 0.412. The zero-order valence-electron chi connectivity index (χ0n) is 14.6. The molecular formula is C17H19F4NO5. The number of halogens is 4. The molecule has 0 bridgehead atoms. The molecule has 0 aliphatic rings. The highest BCUT2D eigenvalue weighted by molar-refractivity contribution is 5.89. The van der Waals surface area contributed by atoms with Gasteiger partial charge in [-0.05, 0) is 24.1 Å². The third-order valence-corrected chi connectivity index (χ3v) is 2.88. The van der Waals surface area contributed by atoms with Crippen molar-refractivity contribution < 1.29 is 41.4 Å². The van der Waals surface area contributed by atoms with Crippen molar-refractivity contribution in [2.75, 3.05) is 13.2 Å². The lowest BCUT2D eigenvalue weighted by molar-refractivity contribution is -0.143. The van der Waals surface area contributed by atoms with Gasteiger partial charge in [0.05, 0.1) is 0 Å². The summed E-state index contributed by atoms with van der Waals surface area (Å²) in [6.45, 7) is -2.64. The number of nitrogens with one attached hydrogen (secondary N) is 1. The van der Waals surface area contributed by atoms with Gasteiger partial charge in [-0.3, -0.25) is 4.79 Å². The van der Waals surface area contributed by atoms with Crippen LogP contribution in [0.15, 0.2) is 24.3 Å². The van der Waals surface area contributed by atoms with Gasteiger partial charge in [0, 0.05) is 24.3 Å². The topological polar surface area (TPSA) is 73.9 Å². The lowest BCUT2D eigenvalue weighted by atomic mass is 10.1. The normalized spacial score (nSPS) is 11.3. The van der Waals surface area contributed by atoms with E-state index in [4.69, 9.17) is 4.74 Å². The summed E-state index contributed by atoms with van der Waals surface area (Å²) in [6.07, 6.45) is 1.97. The number of esters is 1. The predicted octanol–water partition coefficient (Wildman–Crippen LogP) is 3.22. The molecule has 0 aliphatic heterocycles. The van der Waals surface area contributed by atoms with Crippen LogP contribution in [0.3, 0.4) is 0 Å². The molecule has 0 aliphatic carbocycles. The zero-order chi connectivity index (χ0) is 20.4. The number of carbonyl (C=O) groups is 2. The number of hydrogen-bond acceptors (Lipinski definition) is 5. The molecule has 0 heterocycles. The van der Waals surface area contributed by atoms with Gasteiger partial charge in [-0.2, -0.15) is 17.6 Å². The first-order chi connectivity index (χ1) is 12.7. The highest BCUT2D eigenvalue weighted by atomic mass is 19.3. The van der Waals surface area contributed by atoms with Crippen LogP contribution in [0, 0.1) is 5.92 Å². The minimum atomic E-state index is -3.21. The van der Waals surface area contributed by atoms with Gasteiger partial charge >= 0.3 is 19.2 Å². The van der Waals surface area contributed by atoms with Gasteiger partial charge in [-0.25, -0.2) is 4.79 Å². The number of hydrogen-bond donors (Lipinski definition) is 1. The Morgan fingerprint density at radius 1 is 1.11 bits per heavy atom. The monoisotopic (exact) mass is 393 g/mol. The van der Waals surface area contributed by atoms with Crippen molar-refractivity contribution >= 4 is 18.0 Å². The first-order valence-electron chi connectivity index (χ1n) is 7.82. The van der Waals surface area contributed by atoms with E-state index < -0.39 is 37.5 Å². The maximum absolute atomic E-state index is 12.5. The number of carbonyl (C=O) groups excluding carboxylic acids is 2. The van der Waals surface area contributed by atoms with Crippen molar-refractivity contribution in [2.45, 2.75) is 27.1 Å². The molecule has 0 fully saturated rings. The summed E-state index contributed by atoms with van der Waals surface area (Å²) in [5.74, 6) is -2.01. The molecule has 1 aromatic rings. The summed E-state index contributed by atoms with van der Waals surface area (Å²) in [7, 11) is 0. The van der Waals surface area contributed by atoms with Crippen molar-refractivity contribution in [1.29, 1.82) is 0 Å². The molecular weight excluding hydrogens is 374 g/mol. The van der Waals surface area contributed by atoms with Crippen LogP contribution in [0.5, 0.6) is 11.5 Å². The fourth-order valence-electron chi connectivity index (χ4n) is 1.74. The van der Waals surface area contributed by atoms with E-state index in [1.807, 2.05) is 13.8 Å². The zero-order valence-corrected chi connectivity index (χ0v) is 14.6. The van der Waals surface area contributed by atoms with E-state index in [-0.39, 0.29) is 17.2 Å². The van der Waals surface area contributed by atoms with Gasteiger partial charge < -0.3 is 19.5 Å². The second kappa shape index (κ2) is 11.0. The molecule has 0 atom stereocenters. The summed E-state index contributed by atoms with van der Waals surface area (Å²) in [5.41, 5.74) is -0.00174. The second-order valence-corrected chi connectivity index (χ2v) is 5.60. The van der Waals surface area contributed by atoms with Crippen LogP contribution >= 0.6 is 0 Å². The van der Waals surface area contributed by atoms with Crippen molar-refractivity contribution in [1.82, 2.24) is 5.32 Å². The van der Waals surface area contributed by atoms with Crippen LogP contribution in [-0.2, 0) is 14.3 Å². The smallest absolute Gasteiger partial charge is 0.387 e. The molecule has 1 rings (SSSR count). The number of ether oxygens (including phenoxy) is 3. The average Bonchev–Trinajstić information content (AvgIpc) is 2.56. The highest BCUT2D eigenvalue weighted by Crippen LogP contribution is 2.28. The molecule has 0 aromatic heterocycles. The van der Waals surface area contributed by atoms with E-state index in [9.17, 15) is 27.2 Å². The number of benzene rings is 1. The number of alkyl halides is 4. The number of amides is 1. The van der Waals surface area contributed by atoms with Crippen LogP contribution in [0.25, 0.3) is 6.08 Å². The molecule has 0 spiro atoms. The van der Waals surface area contributed by atoms with Gasteiger partial charge in [-0.1, -0.05) is 13.8 Å². The van der Waals surface area contributed by atoms with Gasteiger partial charge in [0.25, 0.3) is 5.91 Å². The summed E-state index contributed by atoms with van der Waals surface area (Å²) in [6, 6.07) is 3.08. The fourth-order valence-corrected chi connectivity index (χ4v) is 1.74. The standard InChI is InChI=1S/C17H19F4NO5/c1-10(2)8-22-14(23)9-25-15(24)6-4-11-3-5-12(26-16(18)19)7-13(11)27-17(20)21/h3-7,10,16-17H,8-9H2,1-2H3,(H,22,23)/b6-4+. The van der Waals surface area contributed by atoms with Crippen molar-refractivity contribution in [3.8, 4) is 11.5 Å². The maximum Gasteiger partial charge on any atom is 0.387 e. The molecule has 27 heavy (non-hydrogen) atoms. The molecule has 1 aromatic carbocycles. The SMILES string of the molecule is CC(C)CNC(=O)COC(=O)/C=C/c1ccc(OC(F)F)cc1OC(F)F. The van der Waals surface area contributed by atoms with E-state index in [1.54, 1.807) is 0 Å². The second-order valence-electron chi connectivity index (χ2n) is 5.60. The van der Waals surface area contributed by atoms with Gasteiger partial charge in [0.2, 0.25) is 0 Å². The maximum atomic E-state index is 12.5. The third-order valence-electron chi connectivity index (χ3n) is 2.88. The Balaban J connectivity index is 2.72. The molecule has 0 radical (unpaired) electrons. The van der Waals surface area contributed by atoms with Crippen LogP contribution in [0.2, 0.25) is 0 Å². The Morgan fingerprint density at radius 2 is 1.78 bits per heavy atom. The van der Waals surface area contributed by atoms with E-state index in [1.165, 1.54) is 0 Å². The Morgan fingerprint density at radius 3 is 2.37 bits per heavy atom. The Labute approximate surface area is 153 Å². The van der Waals surface area contributed by atoms with E-state index in [2.05, 4.69) is 14.8 Å².